The second-order valence-corrected chi connectivity index (χ2v) is 4.37. The molecule has 1 aliphatic heterocycles. The number of aliphatic carboxylic acids is 1. The van der Waals surface area contributed by atoms with Crippen LogP contribution in [0.4, 0.5) is 0 Å². The average Bonchev–Trinajstić information content (AvgIpc) is 2.51. The smallest absolute Gasteiger partial charge is 0.321 e. The summed E-state index contributed by atoms with van der Waals surface area (Å²) in [6, 6.07) is -0.339. The molecule has 0 bridgehead atoms. The molecule has 1 rings (SSSR count). The Morgan fingerprint density at radius 3 is 2.92 bits per heavy atom. The van der Waals surface area contributed by atoms with Crippen molar-refractivity contribution < 1.29 is 9.90 Å². The lowest BCUT2D eigenvalue weighted by molar-refractivity contribution is -0.138. The van der Waals surface area contributed by atoms with Gasteiger partial charge in [-0.1, -0.05) is 20.3 Å². The maximum Gasteiger partial charge on any atom is 0.321 e. The normalized spacial score (nSPS) is 31.8. The molecule has 0 radical (unpaired) electrons. The second kappa shape index (κ2) is 4.14. The molecule has 12 heavy (non-hydrogen) atoms. The van der Waals surface area contributed by atoms with E-state index in [2.05, 4.69) is 19.2 Å². The third-order valence-corrected chi connectivity index (χ3v) is 3.75. The average molecular weight is 189 g/mol. The van der Waals surface area contributed by atoms with E-state index in [4.69, 9.17) is 5.11 Å². The van der Waals surface area contributed by atoms with Gasteiger partial charge in [0.25, 0.3) is 0 Å². The molecule has 0 aromatic carbocycles. The Kier molecular flexibility index (Phi) is 3.40. The zero-order valence-corrected chi connectivity index (χ0v) is 8.23. The largest absolute Gasteiger partial charge is 0.480 e. The monoisotopic (exact) mass is 189 g/mol. The number of thioether (sulfide) groups is 1. The van der Waals surface area contributed by atoms with E-state index in [0.717, 1.165) is 6.42 Å². The molecule has 0 amide bonds. The van der Waals surface area contributed by atoms with Crippen LogP contribution in [0.3, 0.4) is 0 Å². The van der Waals surface area contributed by atoms with Crippen molar-refractivity contribution in [2.75, 3.05) is 5.75 Å². The lowest BCUT2D eigenvalue weighted by Gasteiger charge is -2.16. The Bertz CT molecular complexity index is 174. The number of rotatable bonds is 3. The van der Waals surface area contributed by atoms with Crippen LogP contribution < -0.4 is 5.32 Å². The molecule has 3 nitrogen and oxygen atoms in total. The van der Waals surface area contributed by atoms with E-state index < -0.39 is 5.97 Å². The van der Waals surface area contributed by atoms with Crippen LogP contribution in [0.5, 0.6) is 0 Å². The summed E-state index contributed by atoms with van der Waals surface area (Å²) in [5.74, 6) is 0.525. The molecular formula is C8H15NO2S. The minimum Gasteiger partial charge on any atom is -0.480 e. The number of carboxylic acids is 1. The van der Waals surface area contributed by atoms with Crippen molar-refractivity contribution in [3.05, 3.63) is 0 Å². The van der Waals surface area contributed by atoms with Crippen molar-refractivity contribution in [1.82, 2.24) is 5.32 Å². The number of carbonyl (C=O) groups is 1. The summed E-state index contributed by atoms with van der Waals surface area (Å²) in [4.78, 5) is 10.6. The number of carboxylic acid groups (broad SMARTS) is 1. The Hall–Kier alpha value is -0.220. The molecule has 0 saturated carbocycles. The highest BCUT2D eigenvalue weighted by molar-refractivity contribution is 8.00. The standard InChI is InChI=1S/C8H15NO2S/c1-3-5(2)7-9-6(4-12-7)8(10)11/h5-7,9H,3-4H2,1-2H3,(H,10,11)/t5-,6-,7-/m0/s1. The van der Waals surface area contributed by atoms with Crippen LogP contribution in [0.1, 0.15) is 20.3 Å². The number of hydrogen-bond acceptors (Lipinski definition) is 3. The molecule has 0 unspecified atom stereocenters. The quantitative estimate of drug-likeness (QED) is 0.699. The van der Waals surface area contributed by atoms with E-state index in [9.17, 15) is 4.79 Å². The van der Waals surface area contributed by atoms with Crippen LogP contribution in [0.25, 0.3) is 0 Å². The highest BCUT2D eigenvalue weighted by atomic mass is 32.2. The predicted molar refractivity (Wildman–Crippen MR) is 50.3 cm³/mol. The summed E-state index contributed by atoms with van der Waals surface area (Å²) >= 11 is 1.72. The van der Waals surface area contributed by atoms with E-state index in [1.807, 2.05) is 0 Å². The highest BCUT2D eigenvalue weighted by Gasteiger charge is 2.31. The maximum absolute atomic E-state index is 10.6. The third kappa shape index (κ3) is 2.14. The van der Waals surface area contributed by atoms with Gasteiger partial charge in [0.15, 0.2) is 0 Å². The Morgan fingerprint density at radius 2 is 2.50 bits per heavy atom. The van der Waals surface area contributed by atoms with E-state index in [1.165, 1.54) is 0 Å². The number of hydrogen-bond donors (Lipinski definition) is 2. The molecule has 2 N–H and O–H groups in total. The van der Waals surface area contributed by atoms with Crippen molar-refractivity contribution >= 4 is 17.7 Å². The first-order valence-corrected chi connectivity index (χ1v) is 5.30. The van der Waals surface area contributed by atoms with Crippen LogP contribution in [0, 0.1) is 5.92 Å². The van der Waals surface area contributed by atoms with E-state index in [1.54, 1.807) is 11.8 Å². The zero-order valence-electron chi connectivity index (χ0n) is 7.41. The molecule has 0 aliphatic carbocycles. The van der Waals surface area contributed by atoms with Gasteiger partial charge in [-0.15, -0.1) is 11.8 Å². The van der Waals surface area contributed by atoms with Gasteiger partial charge in [0.05, 0.1) is 5.37 Å². The van der Waals surface area contributed by atoms with Crippen molar-refractivity contribution in [1.29, 1.82) is 0 Å². The van der Waals surface area contributed by atoms with E-state index in [-0.39, 0.29) is 6.04 Å². The van der Waals surface area contributed by atoms with Crippen molar-refractivity contribution in [2.24, 2.45) is 5.92 Å². The molecule has 0 aromatic heterocycles. The van der Waals surface area contributed by atoms with Gasteiger partial charge in [-0.2, -0.15) is 0 Å². The molecule has 70 valence electrons. The fourth-order valence-electron chi connectivity index (χ4n) is 1.18. The van der Waals surface area contributed by atoms with Gasteiger partial charge in [-0.05, 0) is 5.92 Å². The minimum atomic E-state index is -0.728. The van der Waals surface area contributed by atoms with Crippen molar-refractivity contribution in [3.63, 3.8) is 0 Å². The highest BCUT2D eigenvalue weighted by Crippen LogP contribution is 2.26. The summed E-state index contributed by atoms with van der Waals surface area (Å²) in [6.07, 6.45) is 1.09. The first-order valence-electron chi connectivity index (χ1n) is 4.25. The van der Waals surface area contributed by atoms with Gasteiger partial charge < -0.3 is 5.11 Å². The van der Waals surface area contributed by atoms with Crippen LogP contribution in [0.2, 0.25) is 0 Å². The topological polar surface area (TPSA) is 49.3 Å². The molecule has 4 heteroatoms. The van der Waals surface area contributed by atoms with Gasteiger partial charge in [-0.25, -0.2) is 0 Å². The summed E-state index contributed by atoms with van der Waals surface area (Å²) < 4.78 is 0. The first-order chi connectivity index (χ1) is 5.65. The van der Waals surface area contributed by atoms with Gasteiger partial charge >= 0.3 is 5.97 Å². The van der Waals surface area contributed by atoms with Gasteiger partial charge in [0.2, 0.25) is 0 Å². The summed E-state index contributed by atoms with van der Waals surface area (Å²) in [7, 11) is 0. The molecule has 1 aliphatic rings. The van der Waals surface area contributed by atoms with E-state index >= 15 is 0 Å². The molecule has 0 spiro atoms. The second-order valence-electron chi connectivity index (χ2n) is 3.20. The summed E-state index contributed by atoms with van der Waals surface area (Å²) in [6.45, 7) is 4.27. The number of nitrogens with one attached hydrogen (secondary N) is 1. The van der Waals surface area contributed by atoms with Gasteiger partial charge in [-0.3, -0.25) is 10.1 Å². The molecule has 1 heterocycles. The molecule has 1 fully saturated rings. The third-order valence-electron chi connectivity index (χ3n) is 2.27. The van der Waals surface area contributed by atoms with Crippen LogP contribution >= 0.6 is 11.8 Å². The fraction of sp³-hybridized carbons (Fsp3) is 0.875. The van der Waals surface area contributed by atoms with Gasteiger partial charge in [0, 0.05) is 5.75 Å². The molecule has 0 aromatic rings. The van der Waals surface area contributed by atoms with Crippen LogP contribution in [-0.4, -0.2) is 28.2 Å². The predicted octanol–water partition coefficient (Wildman–Crippen LogP) is 1.15. The lowest BCUT2D eigenvalue weighted by atomic mass is 10.1. The Morgan fingerprint density at radius 1 is 1.83 bits per heavy atom. The molecule has 1 saturated heterocycles. The summed E-state index contributed by atoms with van der Waals surface area (Å²) in [5, 5.41) is 12.1. The zero-order chi connectivity index (χ0) is 9.14. The van der Waals surface area contributed by atoms with Gasteiger partial charge in [0.1, 0.15) is 6.04 Å². The van der Waals surface area contributed by atoms with Crippen LogP contribution in [0.15, 0.2) is 0 Å². The van der Waals surface area contributed by atoms with Crippen molar-refractivity contribution in [3.8, 4) is 0 Å². The molecule has 3 atom stereocenters. The fourth-order valence-corrected chi connectivity index (χ4v) is 2.60. The Balaban J connectivity index is 2.40. The minimum absolute atomic E-state index is 0.330. The Labute approximate surface area is 76.9 Å². The summed E-state index contributed by atoms with van der Waals surface area (Å²) in [5.41, 5.74) is 0. The molecular weight excluding hydrogens is 174 g/mol. The first kappa shape index (κ1) is 9.86. The van der Waals surface area contributed by atoms with Crippen molar-refractivity contribution in [2.45, 2.75) is 31.7 Å². The SMILES string of the molecule is CC[C@H](C)[C@H]1N[C@H](C(=O)O)CS1. The van der Waals surface area contributed by atoms with Crippen LogP contribution in [-0.2, 0) is 4.79 Å². The van der Waals surface area contributed by atoms with E-state index in [0.29, 0.717) is 17.0 Å². The lowest BCUT2D eigenvalue weighted by Crippen LogP contribution is -2.38. The maximum atomic E-state index is 10.6.